The minimum atomic E-state index is 0.0716. The van der Waals surface area contributed by atoms with Crippen molar-refractivity contribution in [2.75, 3.05) is 6.54 Å². The second-order valence-corrected chi connectivity index (χ2v) is 6.86. The van der Waals surface area contributed by atoms with Crippen molar-refractivity contribution in [1.82, 2.24) is 15.2 Å². The maximum absolute atomic E-state index is 6.03. The smallest absolute Gasteiger partial charge is 0.184 e. The molecule has 2 aliphatic rings. The van der Waals surface area contributed by atoms with Crippen molar-refractivity contribution in [2.45, 2.75) is 57.5 Å². The highest BCUT2D eigenvalue weighted by Crippen LogP contribution is 2.39. The van der Waals surface area contributed by atoms with Gasteiger partial charge in [-0.15, -0.1) is 0 Å². The van der Waals surface area contributed by atoms with Gasteiger partial charge in [0.2, 0.25) is 0 Å². The largest absolute Gasteiger partial charge is 0.488 e. The standard InChI is InChI=1S/C18H24N4O/c1-11-7-13-9-14(10-19)23-16(13)15(8-11)18-20-17(21-22-18)12-5-3-2-4-6-12/h7-8,12,14H,2-6,9-10,19H2,1H3,(H,20,21,22). The Balaban J connectivity index is 1.68. The molecule has 1 aliphatic heterocycles. The van der Waals surface area contributed by atoms with Gasteiger partial charge in [-0.25, -0.2) is 4.98 Å². The summed E-state index contributed by atoms with van der Waals surface area (Å²) in [5.41, 5.74) is 9.21. The number of hydrogen-bond acceptors (Lipinski definition) is 4. The Morgan fingerprint density at radius 3 is 2.87 bits per heavy atom. The molecular weight excluding hydrogens is 288 g/mol. The van der Waals surface area contributed by atoms with Gasteiger partial charge in [0.15, 0.2) is 5.82 Å². The fraction of sp³-hybridized carbons (Fsp3) is 0.556. The normalized spacial score (nSPS) is 21.2. The topological polar surface area (TPSA) is 76.8 Å². The predicted octanol–water partition coefficient (Wildman–Crippen LogP) is 3.09. The zero-order valence-electron chi connectivity index (χ0n) is 13.6. The zero-order valence-corrected chi connectivity index (χ0v) is 13.6. The van der Waals surface area contributed by atoms with E-state index >= 15 is 0 Å². The molecule has 5 nitrogen and oxygen atoms in total. The Morgan fingerprint density at radius 1 is 1.26 bits per heavy atom. The minimum Gasteiger partial charge on any atom is -0.488 e. The first-order valence-electron chi connectivity index (χ1n) is 8.67. The summed E-state index contributed by atoms with van der Waals surface area (Å²) in [4.78, 5) is 4.80. The van der Waals surface area contributed by atoms with Crippen LogP contribution in [0.1, 0.15) is 55.0 Å². The maximum atomic E-state index is 6.03. The van der Waals surface area contributed by atoms with Crippen molar-refractivity contribution in [2.24, 2.45) is 5.73 Å². The van der Waals surface area contributed by atoms with Crippen LogP contribution in [0.15, 0.2) is 12.1 Å². The molecule has 5 heteroatoms. The molecule has 1 fully saturated rings. The predicted molar refractivity (Wildman–Crippen MR) is 89.6 cm³/mol. The summed E-state index contributed by atoms with van der Waals surface area (Å²) in [6.45, 7) is 2.64. The molecule has 122 valence electrons. The van der Waals surface area contributed by atoms with Gasteiger partial charge in [0.05, 0.1) is 5.56 Å². The number of nitrogens with two attached hydrogens (primary N) is 1. The second-order valence-electron chi connectivity index (χ2n) is 6.86. The summed E-state index contributed by atoms with van der Waals surface area (Å²) in [7, 11) is 0. The molecular formula is C18H24N4O. The Bertz CT molecular complexity index is 703. The summed E-state index contributed by atoms with van der Waals surface area (Å²) in [6.07, 6.45) is 7.31. The molecule has 1 saturated carbocycles. The third-order valence-corrected chi connectivity index (χ3v) is 5.04. The van der Waals surface area contributed by atoms with Crippen molar-refractivity contribution in [3.8, 4) is 17.1 Å². The number of aromatic amines is 1. The van der Waals surface area contributed by atoms with E-state index in [1.165, 1.54) is 43.2 Å². The summed E-state index contributed by atoms with van der Waals surface area (Å²) in [6, 6.07) is 4.30. The van der Waals surface area contributed by atoms with Crippen LogP contribution < -0.4 is 10.5 Å². The van der Waals surface area contributed by atoms with Gasteiger partial charge in [0, 0.05) is 18.9 Å². The Hall–Kier alpha value is -1.88. The van der Waals surface area contributed by atoms with E-state index < -0.39 is 0 Å². The fourth-order valence-electron chi connectivity index (χ4n) is 3.84. The van der Waals surface area contributed by atoms with Crippen LogP contribution >= 0.6 is 0 Å². The third-order valence-electron chi connectivity index (χ3n) is 5.04. The summed E-state index contributed by atoms with van der Waals surface area (Å²) >= 11 is 0. The molecule has 0 radical (unpaired) electrons. The number of fused-ring (bicyclic) bond motifs is 1. The molecule has 1 unspecified atom stereocenters. The molecule has 1 aromatic carbocycles. The molecule has 0 amide bonds. The highest BCUT2D eigenvalue weighted by atomic mass is 16.5. The number of hydrogen-bond donors (Lipinski definition) is 2. The summed E-state index contributed by atoms with van der Waals surface area (Å²) < 4.78 is 6.03. The summed E-state index contributed by atoms with van der Waals surface area (Å²) in [5, 5.41) is 7.65. The molecule has 0 bridgehead atoms. The average Bonchev–Trinajstić information content (AvgIpc) is 3.21. The van der Waals surface area contributed by atoms with Gasteiger partial charge in [-0.05, 0) is 37.0 Å². The molecule has 2 aromatic rings. The Morgan fingerprint density at radius 2 is 2.09 bits per heavy atom. The fourth-order valence-corrected chi connectivity index (χ4v) is 3.84. The van der Waals surface area contributed by atoms with Crippen LogP contribution in [0.4, 0.5) is 0 Å². The van der Waals surface area contributed by atoms with Crippen LogP contribution in [0.5, 0.6) is 5.75 Å². The van der Waals surface area contributed by atoms with Gasteiger partial charge >= 0.3 is 0 Å². The zero-order chi connectivity index (χ0) is 15.8. The van der Waals surface area contributed by atoms with Gasteiger partial charge in [-0.1, -0.05) is 25.3 Å². The molecule has 1 atom stereocenters. The SMILES string of the molecule is Cc1cc2c(c(-c3n[nH]c(C4CCCCC4)n3)c1)OC(CN)C2. The van der Waals surface area contributed by atoms with Gasteiger partial charge in [-0.3, -0.25) is 5.10 Å². The molecule has 3 N–H and O–H groups in total. The van der Waals surface area contributed by atoms with Crippen LogP contribution in [0.2, 0.25) is 0 Å². The number of rotatable bonds is 3. The number of nitrogens with zero attached hydrogens (tertiary/aromatic N) is 2. The van der Waals surface area contributed by atoms with E-state index in [0.29, 0.717) is 12.5 Å². The van der Waals surface area contributed by atoms with E-state index in [9.17, 15) is 0 Å². The van der Waals surface area contributed by atoms with Gasteiger partial charge in [0.25, 0.3) is 0 Å². The van der Waals surface area contributed by atoms with Crippen LogP contribution in [0, 0.1) is 6.92 Å². The molecule has 1 aliphatic carbocycles. The summed E-state index contributed by atoms with van der Waals surface area (Å²) in [5.74, 6) is 3.23. The van der Waals surface area contributed by atoms with E-state index in [4.69, 9.17) is 15.5 Å². The average molecular weight is 312 g/mol. The lowest BCUT2D eigenvalue weighted by Crippen LogP contribution is -2.24. The van der Waals surface area contributed by atoms with Crippen molar-refractivity contribution >= 4 is 0 Å². The van der Waals surface area contributed by atoms with Gasteiger partial charge < -0.3 is 10.5 Å². The highest BCUT2D eigenvalue weighted by Gasteiger charge is 2.27. The van der Waals surface area contributed by atoms with E-state index in [2.05, 4.69) is 29.3 Å². The van der Waals surface area contributed by atoms with E-state index in [0.717, 1.165) is 29.4 Å². The van der Waals surface area contributed by atoms with Crippen molar-refractivity contribution < 1.29 is 4.74 Å². The highest BCUT2D eigenvalue weighted by molar-refractivity contribution is 5.69. The van der Waals surface area contributed by atoms with Gasteiger partial charge in [-0.2, -0.15) is 5.10 Å². The second kappa shape index (κ2) is 5.96. The van der Waals surface area contributed by atoms with Crippen molar-refractivity contribution in [3.05, 3.63) is 29.1 Å². The molecule has 1 aromatic heterocycles. The molecule has 23 heavy (non-hydrogen) atoms. The quantitative estimate of drug-likeness (QED) is 0.913. The number of aromatic nitrogens is 3. The first kappa shape index (κ1) is 14.7. The molecule has 0 saturated heterocycles. The number of aryl methyl sites for hydroxylation is 1. The molecule has 2 heterocycles. The lowest BCUT2D eigenvalue weighted by atomic mass is 9.89. The van der Waals surface area contributed by atoms with Gasteiger partial charge in [0.1, 0.15) is 17.7 Å². The number of benzene rings is 1. The number of ether oxygens (including phenoxy) is 1. The van der Waals surface area contributed by atoms with Crippen LogP contribution in [-0.2, 0) is 6.42 Å². The van der Waals surface area contributed by atoms with Crippen molar-refractivity contribution in [3.63, 3.8) is 0 Å². The molecule has 0 spiro atoms. The lowest BCUT2D eigenvalue weighted by Gasteiger charge is -2.18. The Labute approximate surface area is 136 Å². The van der Waals surface area contributed by atoms with E-state index in [-0.39, 0.29) is 6.10 Å². The molecule has 4 rings (SSSR count). The number of H-pyrrole nitrogens is 1. The Kier molecular flexibility index (Phi) is 3.81. The first-order chi connectivity index (χ1) is 11.2. The first-order valence-corrected chi connectivity index (χ1v) is 8.67. The van der Waals surface area contributed by atoms with E-state index in [1.54, 1.807) is 0 Å². The van der Waals surface area contributed by atoms with Crippen molar-refractivity contribution in [1.29, 1.82) is 0 Å². The third kappa shape index (κ3) is 2.74. The lowest BCUT2D eigenvalue weighted by molar-refractivity contribution is 0.242. The van der Waals surface area contributed by atoms with Crippen LogP contribution in [-0.4, -0.2) is 27.8 Å². The maximum Gasteiger partial charge on any atom is 0.184 e. The van der Waals surface area contributed by atoms with E-state index in [1.807, 2.05) is 0 Å². The monoisotopic (exact) mass is 312 g/mol. The van der Waals surface area contributed by atoms with Crippen LogP contribution in [0.25, 0.3) is 11.4 Å². The minimum absolute atomic E-state index is 0.0716. The van der Waals surface area contributed by atoms with Crippen LogP contribution in [0.3, 0.4) is 0 Å². The number of nitrogens with one attached hydrogen (secondary N) is 1.